The molecular formula is C16H20ClNO4S. The van der Waals surface area contributed by atoms with Crippen LogP contribution in [0, 0.1) is 5.92 Å². The number of esters is 1. The number of fused-ring (bicyclic) bond motifs is 1. The molecule has 1 aliphatic rings. The number of methoxy groups -OCH3 is 1. The van der Waals surface area contributed by atoms with Crippen molar-refractivity contribution >= 4 is 35.2 Å². The highest BCUT2D eigenvalue weighted by atomic mass is 35.5. The van der Waals surface area contributed by atoms with Crippen LogP contribution >= 0.6 is 23.4 Å². The topological polar surface area (TPSA) is 64.6 Å². The Balaban J connectivity index is 2.01. The van der Waals surface area contributed by atoms with E-state index in [-0.39, 0.29) is 18.4 Å². The second kappa shape index (κ2) is 8.45. The zero-order chi connectivity index (χ0) is 16.8. The summed E-state index contributed by atoms with van der Waals surface area (Å²) in [6, 6.07) is 4.75. The van der Waals surface area contributed by atoms with E-state index < -0.39 is 12.0 Å². The minimum absolute atomic E-state index is 0.202. The lowest BCUT2D eigenvalue weighted by molar-refractivity contribution is -0.145. The van der Waals surface area contributed by atoms with Crippen LogP contribution in [0.2, 0.25) is 5.02 Å². The molecule has 5 nitrogen and oxygen atoms in total. The summed E-state index contributed by atoms with van der Waals surface area (Å²) in [5, 5.41) is 3.39. The molecule has 0 saturated carbocycles. The average molecular weight is 358 g/mol. The van der Waals surface area contributed by atoms with Gasteiger partial charge in [0.15, 0.2) is 0 Å². The second-order valence-electron chi connectivity index (χ2n) is 5.33. The van der Waals surface area contributed by atoms with E-state index in [0.29, 0.717) is 17.9 Å². The van der Waals surface area contributed by atoms with Crippen LogP contribution in [0.4, 0.5) is 0 Å². The third kappa shape index (κ3) is 4.78. The molecular weight excluding hydrogens is 338 g/mol. The maximum Gasteiger partial charge on any atom is 0.328 e. The summed E-state index contributed by atoms with van der Waals surface area (Å²) in [4.78, 5) is 24.2. The maximum atomic E-state index is 12.4. The third-order valence-corrected chi connectivity index (χ3v) is 4.59. The van der Waals surface area contributed by atoms with Gasteiger partial charge in [-0.25, -0.2) is 4.79 Å². The van der Waals surface area contributed by atoms with E-state index >= 15 is 0 Å². The molecule has 23 heavy (non-hydrogen) atoms. The van der Waals surface area contributed by atoms with Crippen LogP contribution in [-0.2, 0) is 20.7 Å². The Hall–Kier alpha value is -1.40. The maximum absolute atomic E-state index is 12.4. The molecule has 2 atom stereocenters. The van der Waals surface area contributed by atoms with E-state index in [4.69, 9.17) is 21.1 Å². The van der Waals surface area contributed by atoms with Crippen molar-refractivity contribution in [1.82, 2.24) is 5.32 Å². The number of benzene rings is 1. The first-order valence-electron chi connectivity index (χ1n) is 7.33. The Bertz CT molecular complexity index is 581. The first-order chi connectivity index (χ1) is 11.0. The highest BCUT2D eigenvalue weighted by molar-refractivity contribution is 7.98. The molecule has 1 aliphatic heterocycles. The highest BCUT2D eigenvalue weighted by Crippen LogP contribution is 2.29. The van der Waals surface area contributed by atoms with Crippen LogP contribution in [0.1, 0.15) is 12.0 Å². The van der Waals surface area contributed by atoms with Crippen LogP contribution in [0.25, 0.3) is 0 Å². The Kier molecular flexibility index (Phi) is 6.59. The van der Waals surface area contributed by atoms with Crippen LogP contribution in [0.5, 0.6) is 5.75 Å². The van der Waals surface area contributed by atoms with E-state index in [1.54, 1.807) is 17.8 Å². The van der Waals surface area contributed by atoms with E-state index in [2.05, 4.69) is 5.32 Å². The van der Waals surface area contributed by atoms with Crippen LogP contribution in [0.3, 0.4) is 0 Å². The number of thioether (sulfide) groups is 1. The monoisotopic (exact) mass is 357 g/mol. The number of amides is 1. The van der Waals surface area contributed by atoms with E-state index in [1.165, 1.54) is 7.11 Å². The summed E-state index contributed by atoms with van der Waals surface area (Å²) in [6.07, 6.45) is 3.03. The van der Waals surface area contributed by atoms with Gasteiger partial charge in [0.05, 0.1) is 13.0 Å². The fourth-order valence-electron chi connectivity index (χ4n) is 2.45. The SMILES string of the molecule is COC(=O)[C@@H](CCSC)NC(=O)[C@@H]1COc2ccc(Cl)cc2C1. The van der Waals surface area contributed by atoms with Crippen molar-refractivity contribution in [2.24, 2.45) is 5.92 Å². The number of hydrogen-bond acceptors (Lipinski definition) is 5. The molecule has 1 aromatic rings. The summed E-state index contributed by atoms with van der Waals surface area (Å²) in [7, 11) is 1.32. The van der Waals surface area contributed by atoms with Gasteiger partial charge in [-0.1, -0.05) is 11.6 Å². The summed E-state index contributed by atoms with van der Waals surface area (Å²) in [6.45, 7) is 0.289. The fraction of sp³-hybridized carbons (Fsp3) is 0.500. The van der Waals surface area contributed by atoms with Crippen molar-refractivity contribution in [2.45, 2.75) is 18.9 Å². The van der Waals surface area contributed by atoms with Crippen LogP contribution in [0.15, 0.2) is 18.2 Å². The molecule has 2 rings (SSSR count). The minimum Gasteiger partial charge on any atom is -0.492 e. The van der Waals surface area contributed by atoms with Gasteiger partial charge in [-0.15, -0.1) is 0 Å². The number of nitrogens with one attached hydrogen (secondary N) is 1. The van der Waals surface area contributed by atoms with Gasteiger partial charge < -0.3 is 14.8 Å². The highest BCUT2D eigenvalue weighted by Gasteiger charge is 2.29. The normalized spacial score (nSPS) is 17.6. The van der Waals surface area contributed by atoms with Gasteiger partial charge in [-0.2, -0.15) is 11.8 Å². The van der Waals surface area contributed by atoms with Crippen molar-refractivity contribution in [3.05, 3.63) is 28.8 Å². The fourth-order valence-corrected chi connectivity index (χ4v) is 3.11. The van der Waals surface area contributed by atoms with Gasteiger partial charge in [-0.3, -0.25) is 4.79 Å². The Morgan fingerprint density at radius 1 is 1.52 bits per heavy atom. The lowest BCUT2D eigenvalue weighted by atomic mass is 9.95. The number of rotatable bonds is 6. The number of hydrogen-bond donors (Lipinski definition) is 1. The first-order valence-corrected chi connectivity index (χ1v) is 9.10. The first kappa shape index (κ1) is 17.9. The predicted molar refractivity (Wildman–Crippen MR) is 91.1 cm³/mol. The zero-order valence-corrected chi connectivity index (χ0v) is 14.7. The van der Waals surface area contributed by atoms with Crippen LogP contribution < -0.4 is 10.1 Å². The number of ether oxygens (including phenoxy) is 2. The Morgan fingerprint density at radius 3 is 3.00 bits per heavy atom. The molecule has 0 bridgehead atoms. The smallest absolute Gasteiger partial charge is 0.328 e. The second-order valence-corrected chi connectivity index (χ2v) is 6.75. The standard InChI is InChI=1S/C16H20ClNO4S/c1-21-16(20)13(5-6-23-2)18-15(19)11-7-10-8-12(17)3-4-14(10)22-9-11/h3-4,8,11,13H,5-7,9H2,1-2H3,(H,18,19)/t11-,13+/m0/s1. The van der Waals surface area contributed by atoms with Crippen molar-refractivity contribution in [2.75, 3.05) is 25.7 Å². The predicted octanol–water partition coefficient (Wildman–Crippen LogP) is 2.30. The molecule has 1 aromatic carbocycles. The number of halogens is 1. The lowest BCUT2D eigenvalue weighted by Gasteiger charge is -2.26. The molecule has 0 aliphatic carbocycles. The summed E-state index contributed by atoms with van der Waals surface area (Å²) in [5.41, 5.74) is 0.905. The number of carbonyl (C=O) groups is 2. The lowest BCUT2D eigenvalue weighted by Crippen LogP contribution is -2.46. The molecule has 0 fully saturated rings. The number of carbonyl (C=O) groups excluding carboxylic acids is 2. The van der Waals surface area contributed by atoms with Gasteiger partial charge in [0.25, 0.3) is 0 Å². The molecule has 0 aromatic heterocycles. The summed E-state index contributed by atoms with van der Waals surface area (Å²) in [5.74, 6) is 0.548. The molecule has 1 N–H and O–H groups in total. The molecule has 126 valence electrons. The Labute approximate surface area is 145 Å². The molecule has 1 amide bonds. The van der Waals surface area contributed by atoms with Gasteiger partial charge in [-0.05, 0) is 48.6 Å². The van der Waals surface area contributed by atoms with E-state index in [9.17, 15) is 9.59 Å². The van der Waals surface area contributed by atoms with E-state index in [0.717, 1.165) is 17.1 Å². The molecule has 7 heteroatoms. The quantitative estimate of drug-likeness (QED) is 0.791. The van der Waals surface area contributed by atoms with Gasteiger partial charge >= 0.3 is 5.97 Å². The van der Waals surface area contributed by atoms with E-state index in [1.807, 2.05) is 18.4 Å². The van der Waals surface area contributed by atoms with Gasteiger partial charge in [0.1, 0.15) is 18.4 Å². The molecule has 0 radical (unpaired) electrons. The average Bonchev–Trinajstić information content (AvgIpc) is 2.56. The van der Waals surface area contributed by atoms with Crippen molar-refractivity contribution < 1.29 is 19.1 Å². The van der Waals surface area contributed by atoms with Crippen molar-refractivity contribution in [3.8, 4) is 5.75 Å². The zero-order valence-electron chi connectivity index (χ0n) is 13.1. The van der Waals surface area contributed by atoms with Gasteiger partial charge in [0, 0.05) is 5.02 Å². The third-order valence-electron chi connectivity index (χ3n) is 3.71. The molecule has 0 spiro atoms. The minimum atomic E-state index is -0.624. The Morgan fingerprint density at radius 2 is 2.30 bits per heavy atom. The van der Waals surface area contributed by atoms with Gasteiger partial charge in [0.2, 0.25) is 5.91 Å². The van der Waals surface area contributed by atoms with Crippen molar-refractivity contribution in [1.29, 1.82) is 0 Å². The molecule has 1 heterocycles. The van der Waals surface area contributed by atoms with Crippen LogP contribution in [-0.4, -0.2) is 43.6 Å². The molecule has 0 saturated heterocycles. The summed E-state index contributed by atoms with van der Waals surface area (Å²) >= 11 is 7.60. The summed E-state index contributed by atoms with van der Waals surface area (Å²) < 4.78 is 10.4. The molecule has 0 unspecified atom stereocenters. The van der Waals surface area contributed by atoms with Crippen molar-refractivity contribution in [3.63, 3.8) is 0 Å². The largest absolute Gasteiger partial charge is 0.492 e.